The van der Waals surface area contributed by atoms with Gasteiger partial charge in [-0.3, -0.25) is 4.79 Å². The monoisotopic (exact) mass is 330 g/mol. The van der Waals surface area contributed by atoms with E-state index in [2.05, 4.69) is 17.6 Å². The lowest BCUT2D eigenvalue weighted by molar-refractivity contribution is -0.137. The van der Waals surface area contributed by atoms with Crippen molar-refractivity contribution in [2.45, 2.75) is 25.9 Å². The van der Waals surface area contributed by atoms with Gasteiger partial charge in [0, 0.05) is 6.54 Å². The molecule has 2 rings (SSSR count). The Hall–Kier alpha value is -1.76. The van der Waals surface area contributed by atoms with Gasteiger partial charge in [-0.2, -0.15) is 13.2 Å². The number of amides is 1. The van der Waals surface area contributed by atoms with Crippen molar-refractivity contribution in [3.63, 3.8) is 0 Å². The van der Waals surface area contributed by atoms with Crippen LogP contribution >= 0.6 is 0 Å². The highest BCUT2D eigenvalue weighted by Gasteiger charge is 2.30. The molecule has 1 amide bonds. The molecular weight excluding hydrogens is 309 g/mol. The van der Waals surface area contributed by atoms with Crippen LogP contribution in [0.4, 0.5) is 13.2 Å². The van der Waals surface area contributed by atoms with Crippen LogP contribution in [-0.2, 0) is 11.0 Å². The number of halogens is 3. The third-order valence-electron chi connectivity index (χ3n) is 4.07. The number of nitrogens with one attached hydrogen (secondary N) is 2. The average Bonchev–Trinajstić information content (AvgIpc) is 2.51. The number of rotatable bonds is 5. The van der Waals surface area contributed by atoms with Gasteiger partial charge in [0.1, 0.15) is 5.75 Å². The van der Waals surface area contributed by atoms with Gasteiger partial charge in [0.25, 0.3) is 5.91 Å². The van der Waals surface area contributed by atoms with E-state index in [1.165, 1.54) is 12.1 Å². The fraction of sp³-hybridized carbons (Fsp3) is 0.562. The van der Waals surface area contributed by atoms with E-state index in [1.54, 1.807) is 0 Å². The first-order valence-electron chi connectivity index (χ1n) is 7.56. The highest BCUT2D eigenvalue weighted by atomic mass is 19.4. The SMILES string of the molecule is CC1(CNC(=O)COc2ccc(C(F)(F)F)cc2)CCNCC1. The molecule has 0 bridgehead atoms. The van der Waals surface area contributed by atoms with Crippen molar-refractivity contribution in [3.05, 3.63) is 29.8 Å². The minimum absolute atomic E-state index is 0.0786. The zero-order valence-corrected chi connectivity index (χ0v) is 13.0. The van der Waals surface area contributed by atoms with E-state index in [4.69, 9.17) is 4.74 Å². The summed E-state index contributed by atoms with van der Waals surface area (Å²) in [5.74, 6) is -0.0362. The molecule has 1 saturated heterocycles. The molecule has 0 saturated carbocycles. The van der Waals surface area contributed by atoms with Crippen molar-refractivity contribution in [3.8, 4) is 5.75 Å². The molecule has 0 aromatic heterocycles. The number of piperidine rings is 1. The van der Waals surface area contributed by atoms with E-state index in [0.717, 1.165) is 38.1 Å². The quantitative estimate of drug-likeness (QED) is 0.872. The van der Waals surface area contributed by atoms with Gasteiger partial charge in [0.2, 0.25) is 0 Å². The molecule has 1 aliphatic rings. The lowest BCUT2D eigenvalue weighted by atomic mass is 9.81. The Morgan fingerprint density at radius 2 is 1.87 bits per heavy atom. The van der Waals surface area contributed by atoms with Crippen molar-refractivity contribution < 1.29 is 22.7 Å². The standard InChI is InChI=1S/C16H21F3N2O2/c1-15(6-8-20-9-7-15)11-21-14(22)10-23-13-4-2-12(3-5-13)16(17,18)19/h2-5,20H,6-11H2,1H3,(H,21,22). The highest BCUT2D eigenvalue weighted by molar-refractivity contribution is 5.77. The van der Waals surface area contributed by atoms with Crippen LogP contribution in [0.1, 0.15) is 25.3 Å². The second-order valence-corrected chi connectivity index (χ2v) is 6.15. The summed E-state index contributed by atoms with van der Waals surface area (Å²) in [4.78, 5) is 11.8. The molecule has 23 heavy (non-hydrogen) atoms. The smallest absolute Gasteiger partial charge is 0.416 e. The maximum atomic E-state index is 12.4. The maximum absolute atomic E-state index is 12.4. The van der Waals surface area contributed by atoms with E-state index in [-0.39, 0.29) is 23.7 Å². The Morgan fingerprint density at radius 1 is 1.26 bits per heavy atom. The van der Waals surface area contributed by atoms with E-state index >= 15 is 0 Å². The summed E-state index contributed by atoms with van der Waals surface area (Å²) in [6.07, 6.45) is -2.39. The van der Waals surface area contributed by atoms with Crippen LogP contribution in [0, 0.1) is 5.41 Å². The van der Waals surface area contributed by atoms with E-state index in [0.29, 0.717) is 6.54 Å². The summed E-state index contributed by atoms with van der Waals surface area (Å²) in [7, 11) is 0. The molecule has 0 atom stereocenters. The number of carbonyl (C=O) groups is 1. The first-order valence-corrected chi connectivity index (χ1v) is 7.56. The van der Waals surface area contributed by atoms with E-state index < -0.39 is 11.7 Å². The predicted octanol–water partition coefficient (Wildman–Crippen LogP) is 2.59. The number of carbonyl (C=O) groups excluding carboxylic acids is 1. The molecule has 1 heterocycles. The molecule has 0 unspecified atom stereocenters. The zero-order valence-electron chi connectivity index (χ0n) is 13.0. The van der Waals surface area contributed by atoms with Crippen LogP contribution < -0.4 is 15.4 Å². The fourth-order valence-electron chi connectivity index (χ4n) is 2.46. The molecule has 1 aliphatic heterocycles. The predicted molar refractivity (Wildman–Crippen MR) is 80.2 cm³/mol. The van der Waals surface area contributed by atoms with Gasteiger partial charge in [-0.1, -0.05) is 6.92 Å². The van der Waals surface area contributed by atoms with Gasteiger partial charge in [-0.05, 0) is 55.6 Å². The number of ether oxygens (including phenoxy) is 1. The lowest BCUT2D eigenvalue weighted by Crippen LogP contribution is -2.43. The number of benzene rings is 1. The largest absolute Gasteiger partial charge is 0.484 e. The molecule has 128 valence electrons. The summed E-state index contributed by atoms with van der Waals surface area (Å²) in [6.45, 7) is 4.37. The van der Waals surface area contributed by atoms with E-state index in [9.17, 15) is 18.0 Å². The minimum atomic E-state index is -4.37. The van der Waals surface area contributed by atoms with Crippen LogP contribution in [0.15, 0.2) is 24.3 Å². The summed E-state index contributed by atoms with van der Waals surface area (Å²) in [5.41, 5.74) is -0.664. The van der Waals surface area contributed by atoms with Gasteiger partial charge in [0.05, 0.1) is 5.56 Å². The van der Waals surface area contributed by atoms with Crippen molar-refractivity contribution >= 4 is 5.91 Å². The first kappa shape index (κ1) is 17.6. The number of alkyl halides is 3. The van der Waals surface area contributed by atoms with E-state index in [1.807, 2.05) is 0 Å². The minimum Gasteiger partial charge on any atom is -0.484 e. The Balaban J connectivity index is 1.76. The van der Waals surface area contributed by atoms with Crippen molar-refractivity contribution in [1.82, 2.24) is 10.6 Å². The Bertz CT molecular complexity index is 523. The van der Waals surface area contributed by atoms with Gasteiger partial charge in [0.15, 0.2) is 6.61 Å². The number of hydrogen-bond donors (Lipinski definition) is 2. The second kappa shape index (κ2) is 7.21. The zero-order chi connectivity index (χ0) is 16.9. The summed E-state index contributed by atoms with van der Waals surface area (Å²) >= 11 is 0. The van der Waals surface area contributed by atoms with Gasteiger partial charge < -0.3 is 15.4 Å². The Labute approximate surface area is 133 Å². The fourth-order valence-corrected chi connectivity index (χ4v) is 2.46. The molecule has 0 radical (unpaired) electrons. The van der Waals surface area contributed by atoms with Gasteiger partial charge in [-0.15, -0.1) is 0 Å². The highest BCUT2D eigenvalue weighted by Crippen LogP contribution is 2.30. The van der Waals surface area contributed by atoms with Crippen LogP contribution in [-0.4, -0.2) is 32.1 Å². The van der Waals surface area contributed by atoms with Crippen LogP contribution in [0.3, 0.4) is 0 Å². The molecule has 2 N–H and O–H groups in total. The van der Waals surface area contributed by atoms with Crippen molar-refractivity contribution in [2.24, 2.45) is 5.41 Å². The second-order valence-electron chi connectivity index (χ2n) is 6.15. The third-order valence-corrected chi connectivity index (χ3v) is 4.07. The van der Waals surface area contributed by atoms with Gasteiger partial charge in [-0.25, -0.2) is 0 Å². The van der Waals surface area contributed by atoms with Crippen molar-refractivity contribution in [2.75, 3.05) is 26.2 Å². The molecular formula is C16H21F3N2O2. The molecule has 0 spiro atoms. The Kier molecular flexibility index (Phi) is 5.51. The average molecular weight is 330 g/mol. The lowest BCUT2D eigenvalue weighted by Gasteiger charge is -2.34. The molecule has 1 aromatic carbocycles. The molecule has 4 nitrogen and oxygen atoms in total. The normalized spacial score (nSPS) is 17.6. The van der Waals surface area contributed by atoms with Gasteiger partial charge >= 0.3 is 6.18 Å². The van der Waals surface area contributed by atoms with Crippen molar-refractivity contribution in [1.29, 1.82) is 0 Å². The molecule has 0 aliphatic carbocycles. The summed E-state index contributed by atoms with van der Waals surface area (Å²) < 4.78 is 42.5. The summed E-state index contributed by atoms with van der Waals surface area (Å²) in [6, 6.07) is 4.29. The van der Waals surface area contributed by atoms with Crippen LogP contribution in [0.25, 0.3) is 0 Å². The number of hydrogen-bond acceptors (Lipinski definition) is 3. The molecule has 1 aromatic rings. The Morgan fingerprint density at radius 3 is 2.43 bits per heavy atom. The molecule has 1 fully saturated rings. The van der Waals surface area contributed by atoms with Crippen LogP contribution in [0.2, 0.25) is 0 Å². The maximum Gasteiger partial charge on any atom is 0.416 e. The molecule has 7 heteroatoms. The third kappa shape index (κ3) is 5.42. The summed E-state index contributed by atoms with van der Waals surface area (Å²) in [5, 5.41) is 6.10. The topological polar surface area (TPSA) is 50.4 Å². The van der Waals surface area contributed by atoms with Crippen LogP contribution in [0.5, 0.6) is 5.75 Å². The first-order chi connectivity index (χ1) is 10.8.